The Bertz CT molecular complexity index is 911. The van der Waals surface area contributed by atoms with Gasteiger partial charge < -0.3 is 14.8 Å². The van der Waals surface area contributed by atoms with Gasteiger partial charge in [-0.25, -0.2) is 4.79 Å². The van der Waals surface area contributed by atoms with E-state index in [0.29, 0.717) is 5.75 Å². The largest absolute Gasteiger partial charge is 0.482 e. The number of para-hydroxylation sites is 2. The number of nitrogens with zero attached hydrogens (tertiary/aromatic N) is 1. The van der Waals surface area contributed by atoms with Crippen molar-refractivity contribution >= 4 is 23.3 Å². The van der Waals surface area contributed by atoms with Crippen molar-refractivity contribution in [1.29, 1.82) is 0 Å². The molecule has 8 heteroatoms. The maximum absolute atomic E-state index is 12.2. The van der Waals surface area contributed by atoms with Crippen molar-refractivity contribution in [3.63, 3.8) is 0 Å². The van der Waals surface area contributed by atoms with Gasteiger partial charge in [-0.1, -0.05) is 18.2 Å². The van der Waals surface area contributed by atoms with E-state index in [4.69, 9.17) is 9.47 Å². The van der Waals surface area contributed by atoms with Gasteiger partial charge in [0.15, 0.2) is 12.7 Å². The summed E-state index contributed by atoms with van der Waals surface area (Å²) in [5.41, 5.74) is 2.32. The predicted octanol–water partition coefficient (Wildman–Crippen LogP) is 3.03. The van der Waals surface area contributed by atoms with E-state index in [-0.39, 0.29) is 18.0 Å². The van der Waals surface area contributed by atoms with Crippen LogP contribution in [-0.4, -0.2) is 29.5 Å². The first-order valence-electron chi connectivity index (χ1n) is 8.92. The molecule has 0 radical (unpaired) electrons. The van der Waals surface area contributed by atoms with Crippen LogP contribution >= 0.6 is 0 Å². The summed E-state index contributed by atoms with van der Waals surface area (Å²) in [6.07, 6.45) is 2.05. The van der Waals surface area contributed by atoms with Crippen molar-refractivity contribution in [2.24, 2.45) is 0 Å². The summed E-state index contributed by atoms with van der Waals surface area (Å²) in [4.78, 5) is 34.5. The molecule has 0 fully saturated rings. The number of amides is 1. The minimum atomic E-state index is -1.13. The summed E-state index contributed by atoms with van der Waals surface area (Å²) >= 11 is 0. The highest BCUT2D eigenvalue weighted by Crippen LogP contribution is 2.26. The number of nitro benzene ring substituents is 1. The summed E-state index contributed by atoms with van der Waals surface area (Å²) in [7, 11) is 0. The maximum atomic E-state index is 12.2. The molecule has 2 aromatic rings. The smallest absolute Gasteiger partial charge is 0.344 e. The molecule has 1 atom stereocenters. The summed E-state index contributed by atoms with van der Waals surface area (Å²) < 4.78 is 10.5. The third-order valence-electron chi connectivity index (χ3n) is 4.46. The molecule has 1 aliphatic carbocycles. The lowest BCUT2D eigenvalue weighted by Crippen LogP contribution is -2.31. The van der Waals surface area contributed by atoms with Crippen LogP contribution in [0.3, 0.4) is 0 Å². The normalized spacial score (nSPS) is 13.3. The Kier molecular flexibility index (Phi) is 5.88. The number of hydrogen-bond acceptors (Lipinski definition) is 6. The topological polar surface area (TPSA) is 108 Å². The molecule has 1 N–H and O–H groups in total. The van der Waals surface area contributed by atoms with Crippen LogP contribution in [0.2, 0.25) is 0 Å². The Hall–Kier alpha value is -3.42. The predicted molar refractivity (Wildman–Crippen MR) is 101 cm³/mol. The number of nitrogens with one attached hydrogen (secondary N) is 1. The van der Waals surface area contributed by atoms with E-state index >= 15 is 0 Å². The third kappa shape index (κ3) is 4.64. The van der Waals surface area contributed by atoms with Gasteiger partial charge in [-0.05, 0) is 55.5 Å². The fourth-order valence-electron chi connectivity index (χ4n) is 3.04. The van der Waals surface area contributed by atoms with Gasteiger partial charge in [-0.2, -0.15) is 0 Å². The maximum Gasteiger partial charge on any atom is 0.344 e. The lowest BCUT2D eigenvalue weighted by atomic mass is 10.1. The van der Waals surface area contributed by atoms with Gasteiger partial charge >= 0.3 is 5.97 Å². The molecular formula is C20H20N2O6. The van der Waals surface area contributed by atoms with Crippen LogP contribution < -0.4 is 10.1 Å². The van der Waals surface area contributed by atoms with Crippen LogP contribution in [-0.2, 0) is 27.2 Å². The second-order valence-electron chi connectivity index (χ2n) is 6.47. The van der Waals surface area contributed by atoms with Crippen molar-refractivity contribution in [3.05, 3.63) is 63.7 Å². The molecule has 2 aromatic carbocycles. The molecule has 146 valence electrons. The van der Waals surface area contributed by atoms with E-state index in [1.807, 2.05) is 18.2 Å². The van der Waals surface area contributed by atoms with Crippen molar-refractivity contribution in [2.45, 2.75) is 32.3 Å². The van der Waals surface area contributed by atoms with Crippen LogP contribution in [0.1, 0.15) is 24.5 Å². The fourth-order valence-corrected chi connectivity index (χ4v) is 3.04. The average molecular weight is 384 g/mol. The number of aryl methyl sites for hydroxylation is 2. The lowest BCUT2D eigenvalue weighted by molar-refractivity contribution is -0.383. The number of carbonyl (C=O) groups is 2. The zero-order chi connectivity index (χ0) is 20.1. The molecule has 0 saturated heterocycles. The van der Waals surface area contributed by atoms with Crippen LogP contribution in [0.25, 0.3) is 0 Å². The Morgan fingerprint density at radius 3 is 2.71 bits per heavy atom. The molecule has 0 bridgehead atoms. The second-order valence-corrected chi connectivity index (χ2v) is 6.47. The molecule has 0 aromatic heterocycles. The molecule has 0 unspecified atom stereocenters. The third-order valence-corrected chi connectivity index (χ3v) is 4.46. The highest BCUT2D eigenvalue weighted by atomic mass is 16.6. The van der Waals surface area contributed by atoms with Gasteiger partial charge in [-0.3, -0.25) is 14.9 Å². The van der Waals surface area contributed by atoms with E-state index in [1.54, 1.807) is 6.07 Å². The highest BCUT2D eigenvalue weighted by Gasteiger charge is 2.22. The van der Waals surface area contributed by atoms with Gasteiger partial charge in [0, 0.05) is 6.07 Å². The molecule has 0 heterocycles. The number of carbonyl (C=O) groups excluding carboxylic acids is 2. The number of esters is 1. The molecule has 8 nitrogen and oxygen atoms in total. The molecule has 1 aliphatic rings. The highest BCUT2D eigenvalue weighted by molar-refractivity contribution is 5.96. The lowest BCUT2D eigenvalue weighted by Gasteiger charge is -2.14. The molecule has 0 saturated carbocycles. The van der Waals surface area contributed by atoms with E-state index in [9.17, 15) is 19.7 Å². The van der Waals surface area contributed by atoms with Gasteiger partial charge in [0.2, 0.25) is 0 Å². The molecule has 0 aliphatic heterocycles. The summed E-state index contributed by atoms with van der Waals surface area (Å²) in [5, 5.41) is 13.4. The number of nitro groups is 1. The number of rotatable bonds is 7. The summed E-state index contributed by atoms with van der Waals surface area (Å²) in [5.74, 6) is -0.791. The van der Waals surface area contributed by atoms with Crippen LogP contribution in [0.5, 0.6) is 5.75 Å². The van der Waals surface area contributed by atoms with Crippen molar-refractivity contribution in [1.82, 2.24) is 0 Å². The number of benzene rings is 2. The van der Waals surface area contributed by atoms with E-state index in [0.717, 1.165) is 19.3 Å². The molecular weight excluding hydrogens is 364 g/mol. The SMILES string of the molecule is C[C@H](OC(=O)COc1ccc2c(c1)CCC2)C(=O)Nc1ccccc1[N+](=O)[O-]. The van der Waals surface area contributed by atoms with Crippen LogP contribution in [0, 0.1) is 10.1 Å². The van der Waals surface area contributed by atoms with Crippen LogP contribution in [0.15, 0.2) is 42.5 Å². The Balaban J connectivity index is 1.51. The monoisotopic (exact) mass is 384 g/mol. The van der Waals surface area contributed by atoms with E-state index < -0.39 is 22.9 Å². The summed E-state index contributed by atoms with van der Waals surface area (Å²) in [6, 6.07) is 11.4. The van der Waals surface area contributed by atoms with E-state index in [2.05, 4.69) is 5.32 Å². The number of hydrogen-bond donors (Lipinski definition) is 1. The van der Waals surface area contributed by atoms with Crippen molar-refractivity contribution in [2.75, 3.05) is 11.9 Å². The van der Waals surface area contributed by atoms with Gasteiger partial charge in [0.25, 0.3) is 11.6 Å². The first-order valence-corrected chi connectivity index (χ1v) is 8.92. The minimum Gasteiger partial charge on any atom is -0.482 e. The Morgan fingerprint density at radius 2 is 1.93 bits per heavy atom. The van der Waals surface area contributed by atoms with Gasteiger partial charge in [-0.15, -0.1) is 0 Å². The molecule has 0 spiro atoms. The van der Waals surface area contributed by atoms with Crippen LogP contribution in [0.4, 0.5) is 11.4 Å². The standard InChI is InChI=1S/C20H20N2O6/c1-13(20(24)21-17-7-2-3-8-18(17)22(25)26)28-19(23)12-27-16-10-9-14-5-4-6-15(14)11-16/h2-3,7-11,13H,4-6,12H2,1H3,(H,21,24)/t13-/m0/s1. The minimum absolute atomic E-state index is 0.0368. The molecule has 3 rings (SSSR count). The van der Waals surface area contributed by atoms with Crippen molar-refractivity contribution < 1.29 is 24.0 Å². The fraction of sp³-hybridized carbons (Fsp3) is 0.300. The number of anilines is 1. The average Bonchev–Trinajstić information content (AvgIpc) is 3.14. The van der Waals surface area contributed by atoms with E-state index in [1.165, 1.54) is 36.2 Å². The first kappa shape index (κ1) is 19.3. The second kappa shape index (κ2) is 8.51. The quantitative estimate of drug-likeness (QED) is 0.447. The number of fused-ring (bicyclic) bond motifs is 1. The Morgan fingerprint density at radius 1 is 1.18 bits per heavy atom. The van der Waals surface area contributed by atoms with Crippen molar-refractivity contribution in [3.8, 4) is 5.75 Å². The molecule has 1 amide bonds. The number of ether oxygens (including phenoxy) is 2. The van der Waals surface area contributed by atoms with Gasteiger partial charge in [0.05, 0.1) is 4.92 Å². The summed E-state index contributed by atoms with van der Waals surface area (Å²) in [6.45, 7) is 1.05. The zero-order valence-corrected chi connectivity index (χ0v) is 15.3. The zero-order valence-electron chi connectivity index (χ0n) is 15.3. The van der Waals surface area contributed by atoms with Gasteiger partial charge in [0.1, 0.15) is 11.4 Å². The Labute approximate surface area is 161 Å². The first-order chi connectivity index (χ1) is 13.4. The molecule has 28 heavy (non-hydrogen) atoms.